The average Bonchev–Trinajstić information content (AvgIpc) is 3.10. The van der Waals surface area contributed by atoms with E-state index in [1.54, 1.807) is 0 Å². The zero-order valence-electron chi connectivity index (χ0n) is 26.2. The minimum Gasteiger partial charge on any atom is -0.458 e. The molecule has 5 atom stereocenters. The lowest BCUT2D eigenvalue weighted by molar-refractivity contribution is -0.629. The molecule has 0 N–H and O–H groups in total. The Morgan fingerprint density at radius 3 is 1.62 bits per heavy atom. The molecule has 10 nitrogen and oxygen atoms in total. The summed E-state index contributed by atoms with van der Waals surface area (Å²) in [6.45, 7) is 0.968. The fourth-order valence-electron chi connectivity index (χ4n) is 5.47. The van der Waals surface area contributed by atoms with Crippen LogP contribution >= 0.6 is 0 Å². The Hall–Kier alpha value is -4.45. The van der Waals surface area contributed by atoms with Crippen LogP contribution in [0.1, 0.15) is 29.2 Å². The Labute approximate surface area is 274 Å². The van der Waals surface area contributed by atoms with Crippen LogP contribution < -0.4 is 0 Å². The van der Waals surface area contributed by atoms with E-state index in [-0.39, 0.29) is 33.0 Å². The number of nitrogens with zero attached hydrogens (tertiary/aromatic N) is 1. The van der Waals surface area contributed by atoms with Gasteiger partial charge >= 0.3 is 11.5 Å². The highest BCUT2D eigenvalue weighted by atomic mass is 16.7. The van der Waals surface area contributed by atoms with Crippen molar-refractivity contribution in [1.29, 1.82) is 0 Å². The maximum Gasteiger partial charge on any atom is 0.333 e. The molecule has 0 unspecified atom stereocenters. The van der Waals surface area contributed by atoms with Crippen molar-refractivity contribution in [2.45, 2.75) is 63.5 Å². The van der Waals surface area contributed by atoms with Crippen LogP contribution in [0.4, 0.5) is 0 Å². The van der Waals surface area contributed by atoms with Crippen LogP contribution in [0.2, 0.25) is 0 Å². The van der Waals surface area contributed by atoms with E-state index in [0.29, 0.717) is 0 Å². The van der Waals surface area contributed by atoms with Gasteiger partial charge in [0.2, 0.25) is 6.29 Å². The summed E-state index contributed by atoms with van der Waals surface area (Å²) in [5.41, 5.74) is 1.18. The van der Waals surface area contributed by atoms with E-state index in [0.717, 1.165) is 22.3 Å². The van der Waals surface area contributed by atoms with E-state index in [1.807, 2.05) is 121 Å². The van der Waals surface area contributed by atoms with Crippen molar-refractivity contribution in [2.24, 2.45) is 0 Å². The lowest BCUT2D eigenvalue weighted by atomic mass is 9.83. The number of esters is 1. The van der Waals surface area contributed by atoms with Crippen LogP contribution in [-0.2, 0) is 59.6 Å². The normalized spacial score (nSPS) is 22.4. The van der Waals surface area contributed by atoms with Crippen LogP contribution in [-0.4, -0.2) is 54.2 Å². The highest BCUT2D eigenvalue weighted by molar-refractivity contribution is 5.66. The number of hydrogen-bond acceptors (Lipinski definition) is 9. The number of ether oxygens (including phenoxy) is 6. The van der Waals surface area contributed by atoms with Gasteiger partial charge in [0.05, 0.1) is 33.0 Å². The van der Waals surface area contributed by atoms with Gasteiger partial charge in [-0.2, -0.15) is 0 Å². The first-order chi connectivity index (χ1) is 23.0. The van der Waals surface area contributed by atoms with Crippen LogP contribution in [0.15, 0.2) is 121 Å². The standard InChI is InChI=1S/C37H39NO9/c1-28(39)46-27-37(38(40)41)35(44-24-31-18-10-4-11-19-31)34(43-23-30-16-8-3-9-17-30)33(26-42-22-29-14-6-2-7-15-29)47-36(37)45-25-32-20-12-5-13-21-32/h2-21,33-36H,22-27H2,1H3/t33-,34-,35+,36-,37+/m1/s1. The fraction of sp³-hybridized carbons (Fsp3) is 0.324. The molecule has 10 heteroatoms. The second-order valence-electron chi connectivity index (χ2n) is 11.3. The molecule has 4 aromatic rings. The van der Waals surface area contributed by atoms with Crippen LogP contribution in [0.5, 0.6) is 0 Å². The summed E-state index contributed by atoms with van der Waals surface area (Å²) in [4.78, 5) is 25.0. The zero-order chi connectivity index (χ0) is 32.9. The molecule has 246 valence electrons. The predicted octanol–water partition coefficient (Wildman–Crippen LogP) is 5.89. The topological polar surface area (TPSA) is 116 Å². The molecule has 0 spiro atoms. The molecule has 0 bridgehead atoms. The second kappa shape index (κ2) is 16.9. The first-order valence-corrected chi connectivity index (χ1v) is 15.5. The first kappa shape index (κ1) is 33.9. The summed E-state index contributed by atoms with van der Waals surface area (Å²) < 4.78 is 37.1. The van der Waals surface area contributed by atoms with Crippen molar-refractivity contribution < 1.29 is 38.1 Å². The highest BCUT2D eigenvalue weighted by Gasteiger charge is 2.68. The van der Waals surface area contributed by atoms with E-state index in [1.165, 1.54) is 6.92 Å². The predicted molar refractivity (Wildman–Crippen MR) is 172 cm³/mol. The Morgan fingerprint density at radius 1 is 0.702 bits per heavy atom. The SMILES string of the molecule is CC(=O)OC[C@@]1([N+](=O)[O-])[C@H](OCc2ccccc2)O[C@H](COCc2ccccc2)[C@@H](OCc2ccccc2)[C@@H]1OCc1ccccc1. The largest absolute Gasteiger partial charge is 0.458 e. The molecule has 1 aliphatic rings. The lowest BCUT2D eigenvalue weighted by Gasteiger charge is -2.47. The molecule has 0 saturated carbocycles. The number of hydrogen-bond donors (Lipinski definition) is 0. The maximum atomic E-state index is 13.3. The van der Waals surface area contributed by atoms with Gasteiger partial charge in [-0.1, -0.05) is 121 Å². The monoisotopic (exact) mass is 641 g/mol. The number of carbonyl (C=O) groups is 1. The van der Waals surface area contributed by atoms with Gasteiger partial charge in [-0.3, -0.25) is 14.9 Å². The van der Waals surface area contributed by atoms with Crippen molar-refractivity contribution in [3.63, 3.8) is 0 Å². The number of nitro groups is 1. The van der Waals surface area contributed by atoms with Gasteiger partial charge in [-0.05, 0) is 22.3 Å². The van der Waals surface area contributed by atoms with Crippen molar-refractivity contribution in [3.05, 3.63) is 154 Å². The van der Waals surface area contributed by atoms with Crippen molar-refractivity contribution >= 4 is 5.97 Å². The van der Waals surface area contributed by atoms with Crippen molar-refractivity contribution in [3.8, 4) is 0 Å². The quantitative estimate of drug-likeness (QED) is 0.0839. The second-order valence-corrected chi connectivity index (χ2v) is 11.3. The molecule has 1 heterocycles. The van der Waals surface area contributed by atoms with Gasteiger partial charge in [0.15, 0.2) is 12.7 Å². The maximum absolute atomic E-state index is 13.3. The fourth-order valence-corrected chi connectivity index (χ4v) is 5.47. The average molecular weight is 642 g/mol. The minimum atomic E-state index is -2.20. The molecule has 0 amide bonds. The lowest BCUT2D eigenvalue weighted by Crippen LogP contribution is -2.73. The van der Waals surface area contributed by atoms with E-state index < -0.39 is 47.6 Å². The summed E-state index contributed by atoms with van der Waals surface area (Å²) in [5, 5.41) is 13.3. The Bertz CT molecular complexity index is 1520. The first-order valence-electron chi connectivity index (χ1n) is 15.5. The van der Waals surface area contributed by atoms with E-state index in [9.17, 15) is 14.9 Å². The summed E-state index contributed by atoms with van der Waals surface area (Å²) in [7, 11) is 0. The number of rotatable bonds is 16. The van der Waals surface area contributed by atoms with Gasteiger partial charge in [-0.15, -0.1) is 0 Å². The molecule has 1 aliphatic heterocycles. The van der Waals surface area contributed by atoms with Crippen LogP contribution in [0.25, 0.3) is 0 Å². The Morgan fingerprint density at radius 2 is 1.15 bits per heavy atom. The molecule has 1 fully saturated rings. The third kappa shape index (κ3) is 9.09. The van der Waals surface area contributed by atoms with E-state index in [4.69, 9.17) is 28.4 Å². The van der Waals surface area contributed by atoms with Gasteiger partial charge < -0.3 is 28.4 Å². The van der Waals surface area contributed by atoms with Gasteiger partial charge in [0, 0.05) is 11.8 Å². The van der Waals surface area contributed by atoms with E-state index in [2.05, 4.69) is 0 Å². The Balaban J connectivity index is 1.53. The third-order valence-electron chi connectivity index (χ3n) is 7.91. The molecule has 1 saturated heterocycles. The molecule has 4 aromatic carbocycles. The molecular weight excluding hydrogens is 602 g/mol. The van der Waals surface area contributed by atoms with Gasteiger partial charge in [0.25, 0.3) is 0 Å². The summed E-state index contributed by atoms with van der Waals surface area (Å²) in [5.74, 6) is -0.690. The number of carbonyl (C=O) groups excluding carboxylic acids is 1. The van der Waals surface area contributed by atoms with Crippen LogP contribution in [0, 0.1) is 10.1 Å². The van der Waals surface area contributed by atoms with Crippen LogP contribution in [0.3, 0.4) is 0 Å². The third-order valence-corrected chi connectivity index (χ3v) is 7.91. The molecule has 0 aliphatic carbocycles. The smallest absolute Gasteiger partial charge is 0.333 e. The summed E-state index contributed by atoms with van der Waals surface area (Å²) in [6.07, 6.45) is -4.66. The Kier molecular flexibility index (Phi) is 12.2. The summed E-state index contributed by atoms with van der Waals surface area (Å²) >= 11 is 0. The molecule has 47 heavy (non-hydrogen) atoms. The molecular formula is C37H39NO9. The minimum absolute atomic E-state index is 0.000293. The zero-order valence-corrected chi connectivity index (χ0v) is 26.2. The molecule has 5 rings (SSSR count). The highest BCUT2D eigenvalue weighted by Crippen LogP contribution is 2.39. The summed E-state index contributed by atoms with van der Waals surface area (Å²) in [6, 6.07) is 37.7. The molecule has 0 radical (unpaired) electrons. The van der Waals surface area contributed by atoms with Crippen molar-refractivity contribution in [1.82, 2.24) is 0 Å². The molecule has 0 aromatic heterocycles. The van der Waals surface area contributed by atoms with Gasteiger partial charge in [-0.25, -0.2) is 0 Å². The number of benzene rings is 4. The van der Waals surface area contributed by atoms with E-state index >= 15 is 0 Å². The van der Waals surface area contributed by atoms with Gasteiger partial charge in [0.1, 0.15) is 12.2 Å². The van der Waals surface area contributed by atoms with Crippen molar-refractivity contribution in [2.75, 3.05) is 13.2 Å².